The van der Waals surface area contributed by atoms with Crippen LogP contribution in [-0.4, -0.2) is 30.8 Å². The van der Waals surface area contributed by atoms with Crippen LogP contribution in [0.3, 0.4) is 0 Å². The van der Waals surface area contributed by atoms with Gasteiger partial charge < -0.3 is 9.84 Å². The zero-order chi connectivity index (χ0) is 28.3. The molecule has 1 N–H and O–H groups in total. The van der Waals surface area contributed by atoms with E-state index in [1.165, 1.54) is 18.3 Å². The number of halogens is 3. The van der Waals surface area contributed by atoms with E-state index in [0.717, 1.165) is 16.8 Å². The summed E-state index contributed by atoms with van der Waals surface area (Å²) in [7, 11) is 0. The lowest BCUT2D eigenvalue weighted by atomic mass is 10.1. The first-order chi connectivity index (χ1) is 19.2. The van der Waals surface area contributed by atoms with Crippen LogP contribution < -0.4 is 4.74 Å². The number of carboxylic acids is 1. The summed E-state index contributed by atoms with van der Waals surface area (Å²) < 4.78 is 47.6. The van der Waals surface area contributed by atoms with Crippen LogP contribution in [0.4, 0.5) is 13.2 Å². The number of aromatic nitrogens is 4. The number of alkyl halides is 3. The highest BCUT2D eigenvalue weighted by molar-refractivity contribution is 5.89. The van der Waals surface area contributed by atoms with Crippen molar-refractivity contribution in [2.75, 3.05) is 0 Å². The molecule has 0 saturated heterocycles. The summed E-state index contributed by atoms with van der Waals surface area (Å²) in [6, 6.07) is 24.4. The molecular weight excluding hydrogens is 523 g/mol. The van der Waals surface area contributed by atoms with E-state index in [9.17, 15) is 23.1 Å². The van der Waals surface area contributed by atoms with Crippen molar-refractivity contribution < 1.29 is 27.8 Å². The zero-order valence-corrected chi connectivity index (χ0v) is 20.5. The monoisotopic (exact) mass is 541 g/mol. The summed E-state index contributed by atoms with van der Waals surface area (Å²) in [6.45, 7) is 0.205. The number of hydrogen-bond acceptors (Lipinski definition) is 6. The third-order valence-corrected chi connectivity index (χ3v) is 5.92. The average molecular weight is 541 g/mol. The Hall–Kier alpha value is -5.50. The average Bonchev–Trinajstić information content (AvgIpc) is 3.44. The van der Waals surface area contributed by atoms with Crippen molar-refractivity contribution in [3.8, 4) is 40.2 Å². The zero-order valence-electron chi connectivity index (χ0n) is 20.5. The second-order valence-electron chi connectivity index (χ2n) is 8.53. The molecule has 40 heavy (non-hydrogen) atoms. The van der Waals surface area contributed by atoms with Crippen molar-refractivity contribution in [2.24, 2.45) is 0 Å². The summed E-state index contributed by atoms with van der Waals surface area (Å²) in [5.41, 5.74) is 1.39. The molecule has 2 aromatic carbocycles. The minimum atomic E-state index is -4.96. The molecule has 8 nitrogen and oxygen atoms in total. The number of benzene rings is 2. The summed E-state index contributed by atoms with van der Waals surface area (Å²) in [5, 5.41) is 21.8. The topological polar surface area (TPSA) is 114 Å². The van der Waals surface area contributed by atoms with E-state index in [4.69, 9.17) is 10.00 Å². The Morgan fingerprint density at radius 1 is 0.950 bits per heavy atom. The number of carbonyl (C=O) groups is 1. The molecule has 0 radical (unpaired) electrons. The Balaban J connectivity index is 1.39. The number of rotatable bonds is 7. The summed E-state index contributed by atoms with van der Waals surface area (Å²) in [4.78, 5) is 20.0. The van der Waals surface area contributed by atoms with Crippen LogP contribution in [-0.2, 0) is 12.8 Å². The largest absolute Gasteiger partial charge is 0.488 e. The van der Waals surface area contributed by atoms with Crippen molar-refractivity contribution in [3.05, 3.63) is 114 Å². The molecule has 0 amide bonds. The molecule has 0 saturated carbocycles. The molecule has 0 aliphatic heterocycles. The van der Waals surface area contributed by atoms with Crippen molar-refractivity contribution in [3.63, 3.8) is 0 Å². The van der Waals surface area contributed by atoms with Crippen LogP contribution in [0.25, 0.3) is 28.3 Å². The normalized spacial score (nSPS) is 11.2. The van der Waals surface area contributed by atoms with Crippen molar-refractivity contribution in [2.45, 2.75) is 12.8 Å². The highest BCUT2D eigenvalue weighted by Crippen LogP contribution is 2.34. The van der Waals surface area contributed by atoms with E-state index in [1.807, 2.05) is 30.3 Å². The third-order valence-electron chi connectivity index (χ3n) is 5.92. The van der Waals surface area contributed by atoms with Gasteiger partial charge in [0.05, 0.1) is 23.1 Å². The van der Waals surface area contributed by atoms with Gasteiger partial charge in [-0.2, -0.15) is 23.5 Å². The molecule has 0 atom stereocenters. The maximum Gasteiger partial charge on any atom is 0.434 e. The second kappa shape index (κ2) is 10.7. The fourth-order valence-corrected chi connectivity index (χ4v) is 4.01. The van der Waals surface area contributed by atoms with Crippen molar-refractivity contribution >= 4 is 5.97 Å². The molecule has 3 heterocycles. The fraction of sp³-hybridized carbons (Fsp3) is 0.0690. The van der Waals surface area contributed by atoms with Gasteiger partial charge in [0.25, 0.3) is 0 Å². The Morgan fingerprint density at radius 2 is 1.73 bits per heavy atom. The highest BCUT2D eigenvalue weighted by atomic mass is 19.4. The summed E-state index contributed by atoms with van der Waals surface area (Å²) in [6.07, 6.45) is -2.80. The molecule has 198 valence electrons. The van der Waals surface area contributed by atoms with Gasteiger partial charge in [-0.1, -0.05) is 42.5 Å². The standard InChI is InChI=1S/C29H18F3N5O3/c30-29(31,32)27-22(28(38)39)16-35-37(27)26-7-3-5-24(36-26)21-4-1-2-6-25(21)40-17-18-8-11-20(12-9-18)23-13-10-19(14-33)15-34-23/h1-13,15-16H,17H2,(H,38,39). The Morgan fingerprint density at radius 3 is 2.40 bits per heavy atom. The highest BCUT2D eigenvalue weighted by Gasteiger charge is 2.41. The van der Waals surface area contributed by atoms with Gasteiger partial charge >= 0.3 is 12.1 Å². The molecule has 0 spiro atoms. The molecule has 11 heteroatoms. The van der Waals surface area contributed by atoms with E-state index in [1.54, 1.807) is 42.5 Å². The van der Waals surface area contributed by atoms with Crippen LogP contribution in [0, 0.1) is 11.3 Å². The third kappa shape index (κ3) is 5.37. The maximum absolute atomic E-state index is 13.7. The van der Waals surface area contributed by atoms with Gasteiger partial charge in [-0.15, -0.1) is 0 Å². The quantitative estimate of drug-likeness (QED) is 0.262. The van der Waals surface area contributed by atoms with Gasteiger partial charge in [0.15, 0.2) is 11.5 Å². The van der Waals surface area contributed by atoms with Gasteiger partial charge in [0, 0.05) is 17.3 Å². The van der Waals surface area contributed by atoms with Crippen LogP contribution in [0.1, 0.15) is 27.2 Å². The molecule has 0 aliphatic rings. The molecule has 0 bridgehead atoms. The number of nitrogens with zero attached hydrogens (tertiary/aromatic N) is 5. The molecular formula is C29H18F3N5O3. The number of aromatic carboxylic acids is 1. The molecule has 5 aromatic rings. The minimum Gasteiger partial charge on any atom is -0.488 e. The van der Waals surface area contributed by atoms with E-state index in [2.05, 4.69) is 15.1 Å². The lowest BCUT2D eigenvalue weighted by molar-refractivity contribution is -0.143. The predicted octanol–water partition coefficient (Wildman–Crippen LogP) is 6.16. The van der Waals surface area contributed by atoms with Crippen molar-refractivity contribution in [1.82, 2.24) is 19.7 Å². The van der Waals surface area contributed by atoms with Gasteiger partial charge in [0.2, 0.25) is 0 Å². The molecule has 0 aliphatic carbocycles. The minimum absolute atomic E-state index is 0.195. The van der Waals surface area contributed by atoms with Crippen LogP contribution in [0.5, 0.6) is 5.75 Å². The molecule has 5 rings (SSSR count). The number of para-hydroxylation sites is 1. The SMILES string of the molecule is N#Cc1ccc(-c2ccc(COc3ccccc3-c3cccc(-n4ncc(C(=O)O)c4C(F)(F)F)n3)cc2)nc1. The molecule has 3 aromatic heterocycles. The van der Waals surface area contributed by atoms with E-state index in [0.29, 0.717) is 33.4 Å². The first-order valence-corrected chi connectivity index (χ1v) is 11.8. The Bertz CT molecular complexity index is 1720. The van der Waals surface area contributed by atoms with E-state index in [-0.39, 0.29) is 12.4 Å². The number of nitriles is 1. The lowest BCUT2D eigenvalue weighted by Gasteiger charge is -2.14. The van der Waals surface area contributed by atoms with Crippen LogP contribution in [0.15, 0.2) is 91.3 Å². The first kappa shape index (κ1) is 26.1. The Kier molecular flexibility index (Phi) is 6.99. The number of hydrogen-bond donors (Lipinski definition) is 1. The Labute approximate surface area is 225 Å². The fourth-order valence-electron chi connectivity index (χ4n) is 4.01. The molecule has 0 unspecified atom stereocenters. The van der Waals surface area contributed by atoms with Gasteiger partial charge in [-0.05, 0) is 42.0 Å². The smallest absolute Gasteiger partial charge is 0.434 e. The first-order valence-electron chi connectivity index (χ1n) is 11.8. The lowest BCUT2D eigenvalue weighted by Crippen LogP contribution is -2.18. The predicted molar refractivity (Wildman–Crippen MR) is 137 cm³/mol. The second-order valence-corrected chi connectivity index (χ2v) is 8.53. The maximum atomic E-state index is 13.7. The number of carboxylic acid groups (broad SMARTS) is 1. The molecule has 0 fully saturated rings. The number of pyridine rings is 2. The summed E-state index contributed by atoms with van der Waals surface area (Å²) in [5.74, 6) is -1.48. The van der Waals surface area contributed by atoms with E-state index >= 15 is 0 Å². The van der Waals surface area contributed by atoms with Crippen molar-refractivity contribution in [1.29, 1.82) is 5.26 Å². The number of ether oxygens (including phenoxy) is 1. The van der Waals surface area contributed by atoms with Gasteiger partial charge in [-0.3, -0.25) is 4.98 Å². The van der Waals surface area contributed by atoms with Crippen LogP contribution in [0.2, 0.25) is 0 Å². The van der Waals surface area contributed by atoms with Gasteiger partial charge in [0.1, 0.15) is 24.0 Å². The van der Waals surface area contributed by atoms with Crippen LogP contribution >= 0.6 is 0 Å². The van der Waals surface area contributed by atoms with E-state index < -0.39 is 23.4 Å². The summed E-state index contributed by atoms with van der Waals surface area (Å²) >= 11 is 0. The van der Waals surface area contributed by atoms with Gasteiger partial charge in [-0.25, -0.2) is 14.5 Å².